The van der Waals surface area contributed by atoms with E-state index < -0.39 is 27.7 Å². The molecule has 2 fully saturated rings. The molecule has 1 aromatic carbocycles. The first kappa shape index (κ1) is 27.3. The van der Waals surface area contributed by atoms with Gasteiger partial charge in [-0.15, -0.1) is 11.3 Å². The van der Waals surface area contributed by atoms with Crippen LogP contribution in [0.25, 0.3) is 10.4 Å². The highest BCUT2D eigenvalue weighted by atomic mass is 32.2. The molecule has 0 bridgehead atoms. The molecule has 2 heterocycles. The van der Waals surface area contributed by atoms with Crippen molar-refractivity contribution in [3.8, 4) is 10.4 Å². The van der Waals surface area contributed by atoms with Gasteiger partial charge >= 0.3 is 12.2 Å². The number of anilines is 1. The molecule has 1 aromatic heterocycles. The largest absolute Gasteiger partial charge is 0.465 e. The number of hydrogen-bond acceptors (Lipinski definition) is 8. The summed E-state index contributed by atoms with van der Waals surface area (Å²) in [6, 6.07) is 4.65. The SMILES string of the molecule is CC(C)(C)NS(=O)(=O)c1cc(NC(=O)OC2COC2)ccc1-c1cnc(C2CCC(NC(=O)O)CC2)s1. The van der Waals surface area contributed by atoms with Crippen LogP contribution in [0.5, 0.6) is 0 Å². The van der Waals surface area contributed by atoms with Gasteiger partial charge in [0.2, 0.25) is 10.0 Å². The predicted octanol–water partition coefficient (Wildman–Crippen LogP) is 4.13. The Hall–Kier alpha value is -2.74. The lowest BCUT2D eigenvalue weighted by Gasteiger charge is -2.27. The van der Waals surface area contributed by atoms with E-state index in [0.29, 0.717) is 23.7 Å². The van der Waals surface area contributed by atoms with Crippen molar-refractivity contribution in [2.75, 3.05) is 18.5 Å². The van der Waals surface area contributed by atoms with Crippen molar-refractivity contribution in [3.05, 3.63) is 29.4 Å². The minimum atomic E-state index is -3.95. The lowest BCUT2D eigenvalue weighted by Crippen LogP contribution is -2.40. The molecule has 202 valence electrons. The van der Waals surface area contributed by atoms with Gasteiger partial charge in [-0.2, -0.15) is 0 Å². The Morgan fingerprint density at radius 3 is 2.46 bits per heavy atom. The van der Waals surface area contributed by atoms with Gasteiger partial charge in [-0.25, -0.2) is 27.7 Å². The smallest absolute Gasteiger partial charge is 0.412 e. The van der Waals surface area contributed by atoms with E-state index in [-0.39, 0.29) is 28.6 Å². The molecule has 1 saturated carbocycles. The average molecular weight is 553 g/mol. The van der Waals surface area contributed by atoms with Gasteiger partial charge in [0.05, 0.1) is 28.0 Å². The molecule has 4 N–H and O–H groups in total. The molecule has 11 nitrogen and oxygen atoms in total. The number of carbonyl (C=O) groups excluding carboxylic acids is 1. The lowest BCUT2D eigenvalue weighted by molar-refractivity contribution is -0.0951. The summed E-state index contributed by atoms with van der Waals surface area (Å²) in [6.45, 7) is 5.94. The normalized spacial score (nSPS) is 20.6. The van der Waals surface area contributed by atoms with Crippen LogP contribution in [0.1, 0.15) is 57.4 Å². The molecule has 0 spiro atoms. The van der Waals surface area contributed by atoms with Crippen molar-refractivity contribution in [1.82, 2.24) is 15.0 Å². The Morgan fingerprint density at radius 2 is 1.86 bits per heavy atom. The molecule has 1 aliphatic heterocycles. The fraction of sp³-hybridized carbons (Fsp3) is 0.542. The standard InChI is InChI=1S/C24H32N4O7S2/c1-24(2,3)28-37(32,33)20-10-16(27-23(31)35-17-12-34-13-17)8-9-18(20)19-11-25-21(36-19)14-4-6-15(7-5-14)26-22(29)30/h8-11,14-15,17,26,28H,4-7,12-13H2,1-3H3,(H,27,31)(H,29,30). The quantitative estimate of drug-likeness (QED) is 0.400. The number of nitrogens with zero attached hydrogens (tertiary/aromatic N) is 1. The third-order valence-corrected chi connectivity index (χ3v) is 9.02. The van der Waals surface area contributed by atoms with Gasteiger partial charge in [-0.3, -0.25) is 5.32 Å². The zero-order valence-corrected chi connectivity index (χ0v) is 22.6. The molecule has 1 aliphatic carbocycles. The first-order valence-corrected chi connectivity index (χ1v) is 14.4. The number of aromatic nitrogens is 1. The zero-order valence-electron chi connectivity index (χ0n) is 20.9. The van der Waals surface area contributed by atoms with Crippen molar-refractivity contribution in [3.63, 3.8) is 0 Å². The van der Waals surface area contributed by atoms with Crippen molar-refractivity contribution < 1.29 is 32.6 Å². The molecule has 2 aromatic rings. The van der Waals surface area contributed by atoms with Gasteiger partial charge in [0, 0.05) is 34.9 Å². The number of rotatable bonds is 7. The highest BCUT2D eigenvalue weighted by Gasteiger charge is 2.29. The summed E-state index contributed by atoms with van der Waals surface area (Å²) < 4.78 is 39.7. The molecule has 2 aliphatic rings. The number of nitrogens with one attached hydrogen (secondary N) is 3. The van der Waals surface area contributed by atoms with Crippen LogP contribution in [0.2, 0.25) is 0 Å². The molecule has 37 heavy (non-hydrogen) atoms. The highest BCUT2D eigenvalue weighted by molar-refractivity contribution is 7.89. The second-order valence-corrected chi connectivity index (χ2v) is 13.0. The highest BCUT2D eigenvalue weighted by Crippen LogP contribution is 2.40. The molecular formula is C24H32N4O7S2. The number of thiazole rings is 1. The van der Waals surface area contributed by atoms with E-state index in [4.69, 9.17) is 14.6 Å². The van der Waals surface area contributed by atoms with E-state index >= 15 is 0 Å². The molecule has 0 unspecified atom stereocenters. The fourth-order valence-corrected chi connectivity index (χ4v) is 7.18. The Balaban J connectivity index is 1.58. The van der Waals surface area contributed by atoms with E-state index in [1.807, 2.05) is 0 Å². The maximum Gasteiger partial charge on any atom is 0.412 e. The summed E-state index contributed by atoms with van der Waals surface area (Å²) in [5.74, 6) is 0.185. The predicted molar refractivity (Wildman–Crippen MR) is 138 cm³/mol. The lowest BCUT2D eigenvalue weighted by atomic mass is 9.86. The minimum Gasteiger partial charge on any atom is -0.465 e. The maximum atomic E-state index is 13.4. The van der Waals surface area contributed by atoms with Gasteiger partial charge in [-0.05, 0) is 58.6 Å². The van der Waals surface area contributed by atoms with Crippen molar-refractivity contribution >= 4 is 39.2 Å². The number of benzene rings is 1. The van der Waals surface area contributed by atoms with E-state index in [1.165, 1.54) is 17.4 Å². The first-order valence-electron chi connectivity index (χ1n) is 12.1. The minimum absolute atomic E-state index is 0.0248. The summed E-state index contributed by atoms with van der Waals surface area (Å²) in [5.41, 5.74) is 0.0507. The molecule has 0 radical (unpaired) electrons. The first-order chi connectivity index (χ1) is 17.4. The van der Waals surface area contributed by atoms with Crippen LogP contribution in [0, 0.1) is 0 Å². The Morgan fingerprint density at radius 1 is 1.16 bits per heavy atom. The van der Waals surface area contributed by atoms with Crippen LogP contribution >= 0.6 is 11.3 Å². The molecule has 1 saturated heterocycles. The Labute approximate surface area is 220 Å². The third kappa shape index (κ3) is 7.18. The average Bonchev–Trinajstić information content (AvgIpc) is 3.25. The number of sulfonamides is 1. The third-order valence-electron chi connectivity index (χ3n) is 6.03. The maximum absolute atomic E-state index is 13.4. The van der Waals surface area contributed by atoms with Crippen molar-refractivity contribution in [1.29, 1.82) is 0 Å². The summed E-state index contributed by atoms with van der Waals surface area (Å²) in [5, 5.41) is 15.0. The molecule has 2 amide bonds. The number of carboxylic acid groups (broad SMARTS) is 1. The van der Waals surface area contributed by atoms with Crippen molar-refractivity contribution in [2.45, 2.75) is 75.0 Å². The van der Waals surface area contributed by atoms with Gasteiger partial charge in [0.15, 0.2) is 6.10 Å². The topological polar surface area (TPSA) is 156 Å². The van der Waals surface area contributed by atoms with E-state index in [0.717, 1.165) is 30.7 Å². The van der Waals surface area contributed by atoms with E-state index in [1.54, 1.807) is 39.1 Å². The second-order valence-electron chi connectivity index (χ2n) is 10.3. The van der Waals surface area contributed by atoms with Crippen LogP contribution in [-0.4, -0.2) is 61.6 Å². The van der Waals surface area contributed by atoms with Gasteiger partial charge in [0.1, 0.15) is 0 Å². The number of carbonyl (C=O) groups is 2. The summed E-state index contributed by atoms with van der Waals surface area (Å²) in [7, 11) is -3.95. The zero-order chi connectivity index (χ0) is 26.8. The number of hydrogen-bond donors (Lipinski definition) is 4. The summed E-state index contributed by atoms with van der Waals surface area (Å²) >= 11 is 1.43. The van der Waals surface area contributed by atoms with Gasteiger partial charge in [-0.1, -0.05) is 6.07 Å². The van der Waals surface area contributed by atoms with Gasteiger partial charge in [0.25, 0.3) is 0 Å². The summed E-state index contributed by atoms with van der Waals surface area (Å²) in [4.78, 5) is 28.4. The van der Waals surface area contributed by atoms with Gasteiger partial charge < -0.3 is 19.9 Å². The molecular weight excluding hydrogens is 520 g/mol. The Kier molecular flexibility index (Phi) is 8.07. The van der Waals surface area contributed by atoms with E-state index in [9.17, 15) is 18.0 Å². The van der Waals surface area contributed by atoms with Crippen LogP contribution in [0.15, 0.2) is 29.3 Å². The van der Waals surface area contributed by atoms with Crippen LogP contribution in [-0.2, 0) is 19.5 Å². The number of amides is 2. The van der Waals surface area contributed by atoms with Crippen LogP contribution < -0.4 is 15.4 Å². The molecule has 0 atom stereocenters. The monoisotopic (exact) mass is 552 g/mol. The molecule has 4 rings (SSSR count). The fourth-order valence-electron chi connectivity index (χ4n) is 4.33. The Bertz CT molecular complexity index is 1240. The molecule has 13 heteroatoms. The second kappa shape index (κ2) is 10.9. The van der Waals surface area contributed by atoms with Crippen LogP contribution in [0.4, 0.5) is 15.3 Å². The van der Waals surface area contributed by atoms with E-state index in [2.05, 4.69) is 20.3 Å². The number of ether oxygens (including phenoxy) is 2. The summed E-state index contributed by atoms with van der Waals surface area (Å²) in [6.07, 6.45) is 2.72. The van der Waals surface area contributed by atoms with Crippen molar-refractivity contribution in [2.24, 2.45) is 0 Å². The van der Waals surface area contributed by atoms with Crippen LogP contribution in [0.3, 0.4) is 0 Å².